The van der Waals surface area contributed by atoms with Crippen molar-refractivity contribution >= 4 is 10.1 Å². The number of halogens is 3. The fourth-order valence-electron chi connectivity index (χ4n) is 2.30. The van der Waals surface area contributed by atoms with Gasteiger partial charge in [-0.3, -0.25) is 0 Å². The van der Waals surface area contributed by atoms with E-state index in [-0.39, 0.29) is 5.75 Å². The van der Waals surface area contributed by atoms with Gasteiger partial charge in [0.05, 0.1) is 6.61 Å². The van der Waals surface area contributed by atoms with Crippen LogP contribution in [0, 0.1) is 6.92 Å². The maximum absolute atomic E-state index is 12.5. The molecule has 1 aromatic carbocycles. The molecule has 0 atom stereocenters. The Hall–Kier alpha value is -1.70. The summed E-state index contributed by atoms with van der Waals surface area (Å²) in [7, 11) is -5.68. The van der Waals surface area contributed by atoms with Crippen molar-refractivity contribution in [1.82, 2.24) is 0 Å². The number of ether oxygens (including phenoxy) is 1. The second kappa shape index (κ2) is 6.43. The van der Waals surface area contributed by atoms with Gasteiger partial charge in [-0.05, 0) is 44.4 Å². The van der Waals surface area contributed by atoms with Crippen LogP contribution >= 0.6 is 0 Å². The van der Waals surface area contributed by atoms with Crippen LogP contribution in [0.25, 0.3) is 0 Å². The predicted octanol–water partition coefficient (Wildman–Crippen LogP) is 3.88. The van der Waals surface area contributed by atoms with E-state index in [0.717, 1.165) is 6.42 Å². The smallest absolute Gasteiger partial charge is 0.493 e. The molecule has 0 bridgehead atoms. The van der Waals surface area contributed by atoms with Crippen LogP contribution in [0.5, 0.6) is 11.5 Å². The molecular weight excluding hydrogens is 333 g/mol. The molecule has 0 amide bonds. The summed E-state index contributed by atoms with van der Waals surface area (Å²) in [5.41, 5.74) is -3.29. The molecule has 0 N–H and O–H groups in total. The summed E-state index contributed by atoms with van der Waals surface area (Å²) >= 11 is 0. The van der Waals surface area contributed by atoms with E-state index in [4.69, 9.17) is 4.74 Å². The topological polar surface area (TPSA) is 52.6 Å². The molecule has 0 radical (unpaired) electrons. The van der Waals surface area contributed by atoms with E-state index in [1.54, 1.807) is 0 Å². The Bertz CT molecular complexity index is 721. The summed E-state index contributed by atoms with van der Waals surface area (Å²) in [6.45, 7) is 3.96. The minimum absolute atomic E-state index is 0.329. The molecule has 0 saturated carbocycles. The van der Waals surface area contributed by atoms with Gasteiger partial charge < -0.3 is 8.92 Å². The Labute approximate surface area is 133 Å². The van der Waals surface area contributed by atoms with Crippen molar-refractivity contribution in [3.05, 3.63) is 34.9 Å². The Morgan fingerprint density at radius 3 is 2.52 bits per heavy atom. The second-order valence-corrected chi connectivity index (χ2v) is 6.87. The van der Waals surface area contributed by atoms with Crippen LogP contribution < -0.4 is 8.92 Å². The molecule has 1 heterocycles. The maximum Gasteiger partial charge on any atom is 0.534 e. The van der Waals surface area contributed by atoms with Crippen LogP contribution in [-0.2, 0) is 16.5 Å². The predicted molar refractivity (Wildman–Crippen MR) is 79.0 cm³/mol. The quantitative estimate of drug-likeness (QED) is 0.461. The zero-order chi connectivity index (χ0) is 17.3. The number of benzene rings is 1. The first-order valence-electron chi connectivity index (χ1n) is 7.03. The monoisotopic (exact) mass is 350 g/mol. The molecular formula is C15H17F3O4S. The summed E-state index contributed by atoms with van der Waals surface area (Å²) in [4.78, 5) is 0. The third kappa shape index (κ3) is 3.99. The van der Waals surface area contributed by atoms with Crippen LogP contribution in [0.15, 0.2) is 23.8 Å². The molecule has 2 rings (SSSR count). The zero-order valence-corrected chi connectivity index (χ0v) is 13.6. The molecule has 1 aromatic rings. The van der Waals surface area contributed by atoms with Gasteiger partial charge >= 0.3 is 15.6 Å². The largest absolute Gasteiger partial charge is 0.534 e. The van der Waals surface area contributed by atoms with Gasteiger partial charge in [0.1, 0.15) is 11.5 Å². The minimum atomic E-state index is -5.68. The zero-order valence-electron chi connectivity index (χ0n) is 12.7. The summed E-state index contributed by atoms with van der Waals surface area (Å²) in [6, 6.07) is 2.64. The van der Waals surface area contributed by atoms with Gasteiger partial charge in [0.2, 0.25) is 0 Å². The SMILES string of the molecule is C/C1=C/CCc2c(ccc(OS(=O)(=O)C(F)(F)F)c2C)OCC1. The first-order chi connectivity index (χ1) is 10.6. The van der Waals surface area contributed by atoms with E-state index in [2.05, 4.69) is 4.18 Å². The number of fused-ring (bicyclic) bond motifs is 1. The molecule has 128 valence electrons. The first-order valence-corrected chi connectivity index (χ1v) is 8.44. The summed E-state index contributed by atoms with van der Waals surface area (Å²) in [6.07, 6.45) is 4.03. The fourth-order valence-corrected chi connectivity index (χ4v) is 2.81. The van der Waals surface area contributed by atoms with Gasteiger partial charge in [0.25, 0.3) is 0 Å². The minimum Gasteiger partial charge on any atom is -0.493 e. The standard InChI is InChI=1S/C15H17F3O4S/c1-10-4-3-5-12-11(2)13(6-7-14(12)21-9-8-10)22-23(19,20)15(16,17)18/h4,6-7H,3,5,8-9H2,1-2H3/b10-4-. The summed E-state index contributed by atoms with van der Waals surface area (Å²) in [5, 5.41) is 0. The van der Waals surface area contributed by atoms with Crippen LogP contribution in [0.2, 0.25) is 0 Å². The van der Waals surface area contributed by atoms with Crippen molar-refractivity contribution in [1.29, 1.82) is 0 Å². The summed E-state index contributed by atoms with van der Waals surface area (Å²) < 4.78 is 69.6. The van der Waals surface area contributed by atoms with Crippen molar-refractivity contribution in [3.8, 4) is 11.5 Å². The Balaban J connectivity index is 2.37. The van der Waals surface area contributed by atoms with Gasteiger partial charge in [-0.1, -0.05) is 11.6 Å². The number of alkyl halides is 3. The van der Waals surface area contributed by atoms with Gasteiger partial charge in [0.15, 0.2) is 0 Å². The lowest BCUT2D eigenvalue weighted by Crippen LogP contribution is -2.28. The van der Waals surface area contributed by atoms with E-state index >= 15 is 0 Å². The lowest BCUT2D eigenvalue weighted by atomic mass is 10.0. The van der Waals surface area contributed by atoms with Gasteiger partial charge in [-0.25, -0.2) is 0 Å². The molecule has 0 aromatic heterocycles. The normalized spacial score (nSPS) is 18.6. The molecule has 1 aliphatic rings. The summed E-state index contributed by atoms with van der Waals surface area (Å²) in [5.74, 6) is 0.215. The van der Waals surface area contributed by atoms with Crippen molar-refractivity contribution in [2.75, 3.05) is 6.61 Å². The highest BCUT2D eigenvalue weighted by Gasteiger charge is 2.48. The number of allylic oxidation sites excluding steroid dienone is 1. The first kappa shape index (κ1) is 17.7. The van der Waals surface area contributed by atoms with Crippen LogP contribution in [-0.4, -0.2) is 20.5 Å². The van der Waals surface area contributed by atoms with Gasteiger partial charge in [-0.2, -0.15) is 21.6 Å². The average Bonchev–Trinajstić information content (AvgIpc) is 2.51. The highest BCUT2D eigenvalue weighted by molar-refractivity contribution is 7.88. The van der Waals surface area contributed by atoms with Crippen molar-refractivity contribution < 1.29 is 30.5 Å². The van der Waals surface area contributed by atoms with Crippen LogP contribution in [0.1, 0.15) is 30.9 Å². The molecule has 4 nitrogen and oxygen atoms in total. The molecule has 0 fully saturated rings. The Morgan fingerprint density at radius 1 is 1.17 bits per heavy atom. The third-order valence-corrected chi connectivity index (χ3v) is 4.60. The van der Waals surface area contributed by atoms with E-state index in [1.807, 2.05) is 13.0 Å². The molecule has 8 heteroatoms. The number of hydrogen-bond donors (Lipinski definition) is 0. The lowest BCUT2D eigenvalue weighted by molar-refractivity contribution is -0.0500. The van der Waals surface area contributed by atoms with E-state index in [1.165, 1.54) is 24.6 Å². The van der Waals surface area contributed by atoms with Crippen molar-refractivity contribution in [2.45, 2.75) is 38.6 Å². The fraction of sp³-hybridized carbons (Fsp3) is 0.467. The van der Waals surface area contributed by atoms with Crippen molar-refractivity contribution in [2.24, 2.45) is 0 Å². The number of hydrogen-bond acceptors (Lipinski definition) is 4. The third-order valence-electron chi connectivity index (χ3n) is 3.63. The highest BCUT2D eigenvalue weighted by Crippen LogP contribution is 2.35. The number of rotatable bonds is 2. The van der Waals surface area contributed by atoms with E-state index < -0.39 is 15.6 Å². The van der Waals surface area contributed by atoms with E-state index in [0.29, 0.717) is 36.3 Å². The second-order valence-electron chi connectivity index (χ2n) is 5.34. The molecule has 0 saturated heterocycles. The molecule has 23 heavy (non-hydrogen) atoms. The Kier molecular flexibility index (Phi) is 4.93. The van der Waals surface area contributed by atoms with Crippen molar-refractivity contribution in [3.63, 3.8) is 0 Å². The van der Waals surface area contributed by atoms with E-state index in [9.17, 15) is 21.6 Å². The lowest BCUT2D eigenvalue weighted by Gasteiger charge is -2.17. The molecule has 0 unspecified atom stereocenters. The van der Waals surface area contributed by atoms with Crippen LogP contribution in [0.3, 0.4) is 0 Å². The van der Waals surface area contributed by atoms with Gasteiger partial charge in [0, 0.05) is 12.0 Å². The van der Waals surface area contributed by atoms with Crippen LogP contribution in [0.4, 0.5) is 13.2 Å². The molecule has 1 aliphatic heterocycles. The molecule has 0 spiro atoms. The van der Waals surface area contributed by atoms with Gasteiger partial charge in [-0.15, -0.1) is 0 Å². The Morgan fingerprint density at radius 2 is 1.87 bits per heavy atom. The average molecular weight is 350 g/mol. The highest BCUT2D eigenvalue weighted by atomic mass is 32.2. The maximum atomic E-state index is 12.5. The molecule has 0 aliphatic carbocycles.